The molecule has 0 radical (unpaired) electrons. The van der Waals surface area contributed by atoms with Crippen LogP contribution in [0.25, 0.3) is 11.1 Å². The monoisotopic (exact) mass is 379 g/mol. The number of benzene rings is 1. The van der Waals surface area contributed by atoms with E-state index >= 15 is 0 Å². The fourth-order valence-electron chi connectivity index (χ4n) is 3.36. The standard InChI is InChI=1S/C21H21N3O4/c1-2-6-16-19-15(11-17(13-9-10-13)22-20(19)28-23-16)21(27)24(12-18(25)26)14-7-4-3-5-8-14/h3-5,7-8,11,13H,2,6,9-10,12H2,1H3,(H,25,26). The van der Waals surface area contributed by atoms with E-state index in [0.717, 1.165) is 25.0 Å². The van der Waals surface area contributed by atoms with Crippen LogP contribution in [-0.2, 0) is 11.2 Å². The number of aryl methyl sites for hydroxylation is 1. The van der Waals surface area contributed by atoms with Gasteiger partial charge in [-0.3, -0.25) is 14.5 Å². The van der Waals surface area contributed by atoms with Gasteiger partial charge < -0.3 is 9.63 Å². The van der Waals surface area contributed by atoms with Crippen LogP contribution in [0.2, 0.25) is 0 Å². The first-order valence-electron chi connectivity index (χ1n) is 9.46. The minimum atomic E-state index is -1.08. The predicted octanol–water partition coefficient (Wildman–Crippen LogP) is 3.78. The van der Waals surface area contributed by atoms with Gasteiger partial charge in [-0.25, -0.2) is 4.98 Å². The van der Waals surface area contributed by atoms with Gasteiger partial charge in [-0.1, -0.05) is 36.7 Å². The van der Waals surface area contributed by atoms with Crippen LogP contribution in [0.5, 0.6) is 0 Å². The molecule has 1 saturated carbocycles. The van der Waals surface area contributed by atoms with Gasteiger partial charge in [-0.05, 0) is 37.5 Å². The van der Waals surface area contributed by atoms with Gasteiger partial charge in [-0.15, -0.1) is 0 Å². The molecule has 0 saturated heterocycles. The molecule has 0 bridgehead atoms. The smallest absolute Gasteiger partial charge is 0.323 e. The SMILES string of the molecule is CCCc1noc2nc(C3CC3)cc(C(=O)N(CC(=O)O)c3ccccc3)c12. The Hall–Kier alpha value is -3.22. The van der Waals surface area contributed by atoms with E-state index in [1.165, 1.54) is 4.90 Å². The van der Waals surface area contributed by atoms with Crippen molar-refractivity contribution in [2.24, 2.45) is 0 Å². The number of pyridine rings is 1. The normalized spacial score (nSPS) is 13.6. The summed E-state index contributed by atoms with van der Waals surface area (Å²) in [4.78, 5) is 30.8. The summed E-state index contributed by atoms with van der Waals surface area (Å²) in [6.07, 6.45) is 3.55. The number of amides is 1. The molecule has 28 heavy (non-hydrogen) atoms. The number of carbonyl (C=O) groups excluding carboxylic acids is 1. The highest BCUT2D eigenvalue weighted by molar-refractivity contribution is 6.14. The molecule has 144 valence electrons. The number of fused-ring (bicyclic) bond motifs is 1. The summed E-state index contributed by atoms with van der Waals surface area (Å²) in [6.45, 7) is 1.59. The minimum absolute atomic E-state index is 0.320. The molecule has 1 amide bonds. The van der Waals surface area contributed by atoms with Gasteiger partial charge in [-0.2, -0.15) is 0 Å². The van der Waals surface area contributed by atoms with Crippen molar-refractivity contribution in [2.45, 2.75) is 38.5 Å². The molecule has 0 atom stereocenters. The van der Waals surface area contributed by atoms with E-state index < -0.39 is 12.5 Å². The molecule has 1 fully saturated rings. The highest BCUT2D eigenvalue weighted by atomic mass is 16.5. The summed E-state index contributed by atoms with van der Waals surface area (Å²) in [7, 11) is 0. The molecule has 1 aromatic carbocycles. The van der Waals surface area contributed by atoms with Gasteiger partial charge in [0.1, 0.15) is 6.54 Å². The zero-order chi connectivity index (χ0) is 19.7. The number of nitrogens with zero attached hydrogens (tertiary/aromatic N) is 3. The first kappa shape index (κ1) is 18.2. The molecule has 0 spiro atoms. The second-order valence-corrected chi connectivity index (χ2v) is 7.05. The lowest BCUT2D eigenvalue weighted by Gasteiger charge is -2.21. The van der Waals surface area contributed by atoms with Crippen LogP contribution in [0.15, 0.2) is 40.9 Å². The van der Waals surface area contributed by atoms with Crippen molar-refractivity contribution in [3.8, 4) is 0 Å². The summed E-state index contributed by atoms with van der Waals surface area (Å²) < 4.78 is 5.43. The topological polar surface area (TPSA) is 96.5 Å². The number of anilines is 1. The molecule has 2 heterocycles. The molecule has 1 N–H and O–H groups in total. The number of hydrogen-bond acceptors (Lipinski definition) is 5. The number of rotatable bonds is 7. The van der Waals surface area contributed by atoms with Crippen molar-refractivity contribution in [1.82, 2.24) is 10.1 Å². The second-order valence-electron chi connectivity index (χ2n) is 7.05. The Morgan fingerprint density at radius 2 is 2.00 bits per heavy atom. The van der Waals surface area contributed by atoms with Crippen LogP contribution in [0.3, 0.4) is 0 Å². The highest BCUT2D eigenvalue weighted by Crippen LogP contribution is 2.41. The van der Waals surface area contributed by atoms with Crippen molar-refractivity contribution in [3.05, 3.63) is 53.3 Å². The average Bonchev–Trinajstić information content (AvgIpc) is 3.47. The van der Waals surface area contributed by atoms with Gasteiger partial charge in [0.2, 0.25) is 0 Å². The third-order valence-corrected chi connectivity index (χ3v) is 4.86. The van der Waals surface area contributed by atoms with Crippen molar-refractivity contribution in [1.29, 1.82) is 0 Å². The van der Waals surface area contributed by atoms with Crippen molar-refractivity contribution in [3.63, 3.8) is 0 Å². The number of para-hydroxylation sites is 1. The molecule has 7 heteroatoms. The lowest BCUT2D eigenvalue weighted by atomic mass is 10.0. The van der Waals surface area contributed by atoms with Crippen molar-refractivity contribution < 1.29 is 19.2 Å². The van der Waals surface area contributed by atoms with Gasteiger partial charge in [0.05, 0.1) is 16.6 Å². The summed E-state index contributed by atoms with van der Waals surface area (Å²) >= 11 is 0. The van der Waals surface area contributed by atoms with Gasteiger partial charge in [0, 0.05) is 17.3 Å². The number of aromatic nitrogens is 2. The van der Waals surface area contributed by atoms with E-state index in [9.17, 15) is 14.7 Å². The first-order chi connectivity index (χ1) is 13.6. The quantitative estimate of drug-likeness (QED) is 0.671. The van der Waals surface area contributed by atoms with E-state index in [1.807, 2.05) is 13.0 Å². The van der Waals surface area contributed by atoms with E-state index in [4.69, 9.17) is 4.52 Å². The number of carboxylic acid groups (broad SMARTS) is 1. The summed E-state index contributed by atoms with van der Waals surface area (Å²) in [5.74, 6) is -1.15. The minimum Gasteiger partial charge on any atom is -0.480 e. The summed E-state index contributed by atoms with van der Waals surface area (Å²) in [5, 5.41) is 14.1. The molecular formula is C21H21N3O4. The lowest BCUT2D eigenvalue weighted by Crippen LogP contribution is -2.36. The van der Waals surface area contributed by atoms with Crippen LogP contribution in [0, 0.1) is 0 Å². The average molecular weight is 379 g/mol. The number of aliphatic carboxylic acids is 1. The maximum Gasteiger partial charge on any atom is 0.323 e. The molecule has 2 aromatic heterocycles. The molecule has 1 aliphatic rings. The lowest BCUT2D eigenvalue weighted by molar-refractivity contribution is -0.135. The maximum atomic E-state index is 13.5. The molecule has 0 unspecified atom stereocenters. The number of hydrogen-bond donors (Lipinski definition) is 1. The third-order valence-electron chi connectivity index (χ3n) is 4.86. The van der Waals surface area contributed by atoms with Gasteiger partial charge in [0.25, 0.3) is 11.6 Å². The molecule has 3 aromatic rings. The predicted molar refractivity (Wildman–Crippen MR) is 104 cm³/mol. The fraction of sp³-hybridized carbons (Fsp3) is 0.333. The van der Waals surface area contributed by atoms with Crippen molar-refractivity contribution in [2.75, 3.05) is 11.4 Å². The fourth-order valence-corrected chi connectivity index (χ4v) is 3.36. The van der Waals surface area contributed by atoms with E-state index in [-0.39, 0.29) is 5.91 Å². The Balaban J connectivity index is 1.85. The molecule has 1 aliphatic carbocycles. The van der Waals surface area contributed by atoms with Crippen LogP contribution in [0.4, 0.5) is 5.69 Å². The number of carbonyl (C=O) groups is 2. The largest absolute Gasteiger partial charge is 0.480 e. The van der Waals surface area contributed by atoms with Gasteiger partial charge >= 0.3 is 5.97 Å². The number of carboxylic acids is 1. The first-order valence-corrected chi connectivity index (χ1v) is 9.46. The van der Waals surface area contributed by atoms with Crippen LogP contribution in [-0.4, -0.2) is 33.7 Å². The summed E-state index contributed by atoms with van der Waals surface area (Å²) in [5.41, 5.74) is 2.76. The Bertz CT molecular complexity index is 1020. The van der Waals surface area contributed by atoms with E-state index in [2.05, 4.69) is 10.1 Å². The molecule has 7 nitrogen and oxygen atoms in total. The van der Waals surface area contributed by atoms with Crippen molar-refractivity contribution >= 4 is 28.7 Å². The van der Waals surface area contributed by atoms with E-state index in [0.29, 0.717) is 40.4 Å². The highest BCUT2D eigenvalue weighted by Gasteiger charge is 2.31. The van der Waals surface area contributed by atoms with Gasteiger partial charge in [0.15, 0.2) is 0 Å². The van der Waals surface area contributed by atoms with Crippen LogP contribution < -0.4 is 4.90 Å². The zero-order valence-corrected chi connectivity index (χ0v) is 15.6. The molecular weight excluding hydrogens is 358 g/mol. The third kappa shape index (κ3) is 3.47. The Morgan fingerprint density at radius 3 is 2.64 bits per heavy atom. The van der Waals surface area contributed by atoms with Crippen LogP contribution >= 0.6 is 0 Å². The Kier molecular flexibility index (Phi) is 4.81. The molecule has 0 aliphatic heterocycles. The van der Waals surface area contributed by atoms with E-state index in [1.54, 1.807) is 30.3 Å². The Morgan fingerprint density at radius 1 is 1.25 bits per heavy atom. The maximum absolute atomic E-state index is 13.5. The Labute approximate surface area is 162 Å². The summed E-state index contributed by atoms with van der Waals surface area (Å²) in [6, 6.07) is 10.6. The molecule has 4 rings (SSSR count). The second kappa shape index (κ2) is 7.42. The zero-order valence-electron chi connectivity index (χ0n) is 15.6. The van der Waals surface area contributed by atoms with Crippen LogP contribution in [0.1, 0.15) is 53.8 Å².